The maximum atomic E-state index is 13.2. The first kappa shape index (κ1) is 13.8. The molecule has 114 valence electrons. The number of aromatic amines is 1. The zero-order chi connectivity index (χ0) is 15.6. The van der Waals surface area contributed by atoms with Crippen LogP contribution in [0.25, 0.3) is 11.0 Å². The lowest BCUT2D eigenvalue weighted by Gasteiger charge is -2.31. The summed E-state index contributed by atoms with van der Waals surface area (Å²) in [6.07, 6.45) is 9.96. The second-order valence-electron chi connectivity index (χ2n) is 5.65. The van der Waals surface area contributed by atoms with Crippen LogP contribution in [0.3, 0.4) is 0 Å². The third kappa shape index (κ3) is 2.75. The van der Waals surface area contributed by atoms with Crippen LogP contribution in [-0.2, 0) is 6.54 Å². The van der Waals surface area contributed by atoms with Gasteiger partial charge >= 0.3 is 0 Å². The molecule has 0 amide bonds. The number of nitrogens with one attached hydrogen (secondary N) is 1. The number of aromatic nitrogens is 2. The molecule has 23 heavy (non-hydrogen) atoms. The van der Waals surface area contributed by atoms with Gasteiger partial charge in [-0.3, -0.25) is 0 Å². The van der Waals surface area contributed by atoms with Crippen LogP contribution in [0.2, 0.25) is 0 Å². The van der Waals surface area contributed by atoms with Crippen molar-refractivity contribution in [1.82, 2.24) is 14.9 Å². The number of imidazole rings is 1. The van der Waals surface area contributed by atoms with Gasteiger partial charge in [0, 0.05) is 12.7 Å². The molecule has 1 aromatic heterocycles. The average Bonchev–Trinajstić information content (AvgIpc) is 3.04. The summed E-state index contributed by atoms with van der Waals surface area (Å²) in [5.41, 5.74) is 4.29. The third-order valence-electron chi connectivity index (χ3n) is 4.10. The summed E-state index contributed by atoms with van der Waals surface area (Å²) >= 11 is 0. The molecule has 0 saturated heterocycles. The van der Waals surface area contributed by atoms with Gasteiger partial charge in [-0.15, -0.1) is 0 Å². The monoisotopic (exact) mass is 305 g/mol. The van der Waals surface area contributed by atoms with Gasteiger partial charge in [0.05, 0.1) is 23.4 Å². The minimum Gasteiger partial charge on any atom is -0.363 e. The van der Waals surface area contributed by atoms with Crippen molar-refractivity contribution in [2.45, 2.75) is 12.6 Å². The average molecular weight is 305 g/mol. The molecule has 3 nitrogen and oxygen atoms in total. The molecular weight excluding hydrogens is 289 g/mol. The van der Waals surface area contributed by atoms with Crippen LogP contribution in [0.1, 0.15) is 17.2 Å². The van der Waals surface area contributed by atoms with Crippen molar-refractivity contribution in [1.29, 1.82) is 0 Å². The molecule has 1 aliphatic rings. The zero-order valence-electron chi connectivity index (χ0n) is 12.5. The van der Waals surface area contributed by atoms with Gasteiger partial charge in [0.1, 0.15) is 5.82 Å². The van der Waals surface area contributed by atoms with Crippen LogP contribution in [-0.4, -0.2) is 14.9 Å². The molecule has 0 bridgehead atoms. The van der Waals surface area contributed by atoms with E-state index in [-0.39, 0.29) is 11.9 Å². The quantitative estimate of drug-likeness (QED) is 0.781. The van der Waals surface area contributed by atoms with E-state index in [1.54, 1.807) is 6.33 Å². The first-order valence-electron chi connectivity index (χ1n) is 7.58. The number of rotatable bonds is 3. The van der Waals surface area contributed by atoms with Gasteiger partial charge in [0.15, 0.2) is 0 Å². The molecule has 0 fully saturated rings. The topological polar surface area (TPSA) is 31.9 Å². The molecular formula is C19H16FN3. The smallest absolute Gasteiger partial charge is 0.123 e. The Hall–Kier alpha value is -2.88. The van der Waals surface area contributed by atoms with Gasteiger partial charge in [-0.05, 0) is 41.5 Å². The number of nitrogens with zero attached hydrogens (tertiary/aromatic N) is 2. The maximum Gasteiger partial charge on any atom is 0.123 e. The van der Waals surface area contributed by atoms with Gasteiger partial charge in [-0.1, -0.05) is 30.4 Å². The van der Waals surface area contributed by atoms with Crippen LogP contribution in [0, 0.1) is 5.82 Å². The fourth-order valence-corrected chi connectivity index (χ4v) is 2.94. The Labute approximate surface area is 133 Å². The van der Waals surface area contributed by atoms with Gasteiger partial charge in [-0.2, -0.15) is 0 Å². The maximum absolute atomic E-state index is 13.2. The summed E-state index contributed by atoms with van der Waals surface area (Å²) in [5, 5.41) is 0. The predicted octanol–water partition coefficient (Wildman–Crippen LogP) is 4.33. The van der Waals surface area contributed by atoms with E-state index in [1.165, 1.54) is 17.7 Å². The standard InChI is InChI=1S/C19H16FN3/c20-16-7-5-15(6-8-16)19-3-1-2-10-23(19)12-14-4-9-17-18(11-14)22-13-21-17/h1-11,13,19H,12H2,(H,21,22). The third-order valence-corrected chi connectivity index (χ3v) is 4.10. The van der Waals surface area contributed by atoms with Crippen LogP contribution < -0.4 is 0 Å². The van der Waals surface area contributed by atoms with E-state index in [2.05, 4.69) is 39.3 Å². The number of benzene rings is 2. The second-order valence-corrected chi connectivity index (χ2v) is 5.65. The largest absolute Gasteiger partial charge is 0.363 e. The summed E-state index contributed by atoms with van der Waals surface area (Å²) in [6, 6.07) is 13.1. The first-order chi connectivity index (χ1) is 11.3. The van der Waals surface area contributed by atoms with Gasteiger partial charge in [-0.25, -0.2) is 9.37 Å². The minimum absolute atomic E-state index is 0.109. The Bertz CT molecular complexity index is 877. The summed E-state index contributed by atoms with van der Waals surface area (Å²) in [6.45, 7) is 0.776. The minimum atomic E-state index is -0.208. The Morgan fingerprint density at radius 1 is 1.09 bits per heavy atom. The van der Waals surface area contributed by atoms with Crippen molar-refractivity contribution in [2.75, 3.05) is 0 Å². The van der Waals surface area contributed by atoms with Crippen molar-refractivity contribution < 1.29 is 4.39 Å². The van der Waals surface area contributed by atoms with E-state index in [0.717, 1.165) is 23.1 Å². The lowest BCUT2D eigenvalue weighted by atomic mass is 10.0. The van der Waals surface area contributed by atoms with E-state index in [9.17, 15) is 4.39 Å². The summed E-state index contributed by atoms with van der Waals surface area (Å²) in [4.78, 5) is 9.63. The Kier molecular flexibility index (Phi) is 3.42. The summed E-state index contributed by atoms with van der Waals surface area (Å²) < 4.78 is 13.2. The molecule has 4 rings (SSSR count). The highest BCUT2D eigenvalue weighted by Gasteiger charge is 2.17. The Morgan fingerprint density at radius 3 is 2.83 bits per heavy atom. The molecule has 4 heteroatoms. The number of fused-ring (bicyclic) bond motifs is 1. The highest BCUT2D eigenvalue weighted by atomic mass is 19.1. The molecule has 0 spiro atoms. The van der Waals surface area contributed by atoms with E-state index in [4.69, 9.17) is 0 Å². The van der Waals surface area contributed by atoms with Crippen LogP contribution in [0.4, 0.5) is 4.39 Å². The number of H-pyrrole nitrogens is 1. The number of hydrogen-bond donors (Lipinski definition) is 1. The SMILES string of the molecule is Fc1ccc(C2C=CC=CN2Cc2ccc3nc[nH]c3c2)cc1. The first-order valence-corrected chi connectivity index (χ1v) is 7.58. The van der Waals surface area contributed by atoms with E-state index < -0.39 is 0 Å². The molecule has 1 aliphatic heterocycles. The van der Waals surface area contributed by atoms with Crippen molar-refractivity contribution in [3.05, 3.63) is 90.2 Å². The lowest BCUT2D eigenvalue weighted by molar-refractivity contribution is 0.313. The molecule has 2 heterocycles. The predicted molar refractivity (Wildman–Crippen MR) is 89.1 cm³/mol. The van der Waals surface area contributed by atoms with Crippen molar-refractivity contribution in [2.24, 2.45) is 0 Å². The normalized spacial score (nSPS) is 17.1. The zero-order valence-corrected chi connectivity index (χ0v) is 12.5. The summed E-state index contributed by atoms with van der Waals surface area (Å²) in [7, 11) is 0. The highest BCUT2D eigenvalue weighted by molar-refractivity contribution is 5.75. The molecule has 0 radical (unpaired) electrons. The summed E-state index contributed by atoms with van der Waals surface area (Å²) in [5.74, 6) is -0.208. The fraction of sp³-hybridized carbons (Fsp3) is 0.105. The molecule has 1 N–H and O–H groups in total. The van der Waals surface area contributed by atoms with Gasteiger partial charge < -0.3 is 9.88 Å². The number of hydrogen-bond acceptors (Lipinski definition) is 2. The fourth-order valence-electron chi connectivity index (χ4n) is 2.94. The van der Waals surface area contributed by atoms with Crippen LogP contribution in [0.15, 0.2) is 73.2 Å². The van der Waals surface area contributed by atoms with E-state index >= 15 is 0 Å². The molecule has 3 aromatic rings. The molecule has 0 saturated carbocycles. The second kappa shape index (κ2) is 5.72. The van der Waals surface area contributed by atoms with Crippen LogP contribution >= 0.6 is 0 Å². The van der Waals surface area contributed by atoms with Crippen molar-refractivity contribution in [3.63, 3.8) is 0 Å². The lowest BCUT2D eigenvalue weighted by Crippen LogP contribution is -2.23. The van der Waals surface area contributed by atoms with Gasteiger partial charge in [0.2, 0.25) is 0 Å². The Balaban J connectivity index is 1.61. The van der Waals surface area contributed by atoms with E-state index in [0.29, 0.717) is 0 Å². The number of allylic oxidation sites excluding steroid dienone is 2. The molecule has 0 aliphatic carbocycles. The van der Waals surface area contributed by atoms with Crippen molar-refractivity contribution in [3.8, 4) is 0 Å². The molecule has 2 aromatic carbocycles. The van der Waals surface area contributed by atoms with Gasteiger partial charge in [0.25, 0.3) is 0 Å². The molecule has 1 unspecified atom stereocenters. The highest BCUT2D eigenvalue weighted by Crippen LogP contribution is 2.28. The van der Waals surface area contributed by atoms with Crippen LogP contribution in [0.5, 0.6) is 0 Å². The van der Waals surface area contributed by atoms with Crippen molar-refractivity contribution >= 4 is 11.0 Å². The van der Waals surface area contributed by atoms with E-state index in [1.807, 2.05) is 30.4 Å². The Morgan fingerprint density at radius 2 is 1.96 bits per heavy atom. The molecule has 1 atom stereocenters. The number of halogens is 1.